The third-order valence-corrected chi connectivity index (χ3v) is 2.69. The second kappa shape index (κ2) is 6.14. The Labute approximate surface area is 111 Å². The van der Waals surface area contributed by atoms with Crippen LogP contribution < -0.4 is 21.9 Å². The lowest BCUT2D eigenvalue weighted by Crippen LogP contribution is -2.43. The van der Waals surface area contributed by atoms with Crippen LogP contribution in [0.15, 0.2) is 18.3 Å². The van der Waals surface area contributed by atoms with Crippen LogP contribution in [0.5, 0.6) is 0 Å². The van der Waals surface area contributed by atoms with E-state index in [1.807, 2.05) is 0 Å². The van der Waals surface area contributed by atoms with Crippen LogP contribution in [0.4, 0.5) is 5.69 Å². The molecule has 0 saturated carbocycles. The maximum atomic E-state index is 11.9. The molecule has 7 heteroatoms. The van der Waals surface area contributed by atoms with Crippen molar-refractivity contribution in [3.05, 3.63) is 24.0 Å². The van der Waals surface area contributed by atoms with Gasteiger partial charge in [-0.2, -0.15) is 0 Å². The molecule has 0 bridgehead atoms. The molecule has 2 amide bonds. The van der Waals surface area contributed by atoms with E-state index in [4.69, 9.17) is 5.84 Å². The van der Waals surface area contributed by atoms with Gasteiger partial charge in [0, 0.05) is 19.8 Å². The van der Waals surface area contributed by atoms with Gasteiger partial charge >= 0.3 is 0 Å². The highest BCUT2D eigenvalue weighted by Gasteiger charge is 2.27. The summed E-state index contributed by atoms with van der Waals surface area (Å²) in [7, 11) is 1.56. The van der Waals surface area contributed by atoms with Crippen molar-refractivity contribution in [2.75, 3.05) is 19.0 Å². The number of hydrogen-bond acceptors (Lipinski definition) is 5. The molecule has 1 aromatic heterocycles. The molecule has 0 aliphatic heterocycles. The van der Waals surface area contributed by atoms with Gasteiger partial charge in [0.2, 0.25) is 5.91 Å². The van der Waals surface area contributed by atoms with Crippen LogP contribution in [0.3, 0.4) is 0 Å². The van der Waals surface area contributed by atoms with Gasteiger partial charge in [0.15, 0.2) is 0 Å². The highest BCUT2D eigenvalue weighted by Crippen LogP contribution is 2.13. The number of amides is 2. The Morgan fingerprint density at radius 3 is 2.68 bits per heavy atom. The van der Waals surface area contributed by atoms with Gasteiger partial charge in [0.1, 0.15) is 5.69 Å². The Balaban J connectivity index is 2.67. The third-order valence-electron chi connectivity index (χ3n) is 2.69. The molecule has 0 aliphatic carbocycles. The fourth-order valence-electron chi connectivity index (χ4n) is 1.45. The fraction of sp³-hybridized carbons (Fsp3) is 0.417. The van der Waals surface area contributed by atoms with Crippen molar-refractivity contribution in [1.29, 1.82) is 0 Å². The van der Waals surface area contributed by atoms with Crippen LogP contribution in [0, 0.1) is 5.41 Å². The predicted molar refractivity (Wildman–Crippen MR) is 72.2 cm³/mol. The minimum atomic E-state index is -0.686. The maximum Gasteiger partial charge on any atom is 0.269 e. The normalized spacial score (nSPS) is 10.7. The van der Waals surface area contributed by atoms with E-state index in [9.17, 15) is 9.59 Å². The lowest BCUT2D eigenvalue weighted by molar-refractivity contribution is -0.128. The number of nitrogen functional groups attached to an aromatic ring is 1. The summed E-state index contributed by atoms with van der Waals surface area (Å²) in [5, 5.41) is 5.23. The number of pyridine rings is 1. The number of carbonyl (C=O) groups excluding carboxylic acids is 2. The van der Waals surface area contributed by atoms with Crippen molar-refractivity contribution in [2.24, 2.45) is 11.3 Å². The molecular formula is C12H19N5O2. The number of nitrogens with one attached hydrogen (secondary N) is 3. The van der Waals surface area contributed by atoms with Crippen molar-refractivity contribution >= 4 is 17.5 Å². The van der Waals surface area contributed by atoms with Crippen LogP contribution in [0.25, 0.3) is 0 Å². The first-order chi connectivity index (χ1) is 8.90. The summed E-state index contributed by atoms with van der Waals surface area (Å²) in [6, 6.07) is 3.17. The first kappa shape index (κ1) is 14.9. The average Bonchev–Trinajstić information content (AvgIpc) is 2.43. The molecule has 1 heterocycles. The van der Waals surface area contributed by atoms with Crippen LogP contribution in [0.1, 0.15) is 24.3 Å². The van der Waals surface area contributed by atoms with Gasteiger partial charge in [0.25, 0.3) is 5.91 Å². The molecule has 19 heavy (non-hydrogen) atoms. The lowest BCUT2D eigenvalue weighted by atomic mass is 9.92. The van der Waals surface area contributed by atoms with E-state index in [0.717, 1.165) is 0 Å². The van der Waals surface area contributed by atoms with Gasteiger partial charge < -0.3 is 16.1 Å². The van der Waals surface area contributed by atoms with Crippen molar-refractivity contribution < 1.29 is 9.59 Å². The number of rotatable bonds is 5. The van der Waals surface area contributed by atoms with Gasteiger partial charge in [-0.3, -0.25) is 20.4 Å². The second-order valence-electron chi connectivity index (χ2n) is 4.72. The van der Waals surface area contributed by atoms with E-state index >= 15 is 0 Å². The number of carbonyl (C=O) groups is 2. The Morgan fingerprint density at radius 1 is 1.42 bits per heavy atom. The molecule has 0 atom stereocenters. The van der Waals surface area contributed by atoms with Crippen LogP contribution in [0.2, 0.25) is 0 Å². The Bertz CT molecular complexity index is 473. The molecule has 104 valence electrons. The summed E-state index contributed by atoms with van der Waals surface area (Å²) >= 11 is 0. The van der Waals surface area contributed by atoms with Crippen LogP contribution in [-0.4, -0.2) is 30.4 Å². The number of nitrogens with two attached hydrogens (primary N) is 1. The number of hydrazine groups is 1. The predicted octanol–water partition coefficient (Wildman–Crippen LogP) is -0.131. The zero-order valence-electron chi connectivity index (χ0n) is 11.3. The topological polar surface area (TPSA) is 109 Å². The van der Waals surface area contributed by atoms with Crippen molar-refractivity contribution in [3.63, 3.8) is 0 Å². The SMILES string of the molecule is CNC(=O)C(C)(C)CNC(=O)c1cc(NN)ccn1. The third kappa shape index (κ3) is 3.92. The van der Waals surface area contributed by atoms with Crippen LogP contribution >= 0.6 is 0 Å². The lowest BCUT2D eigenvalue weighted by Gasteiger charge is -2.22. The van der Waals surface area contributed by atoms with E-state index in [1.165, 1.54) is 12.3 Å². The zero-order chi connectivity index (χ0) is 14.5. The summed E-state index contributed by atoms with van der Waals surface area (Å²) in [5.41, 5.74) is 2.58. The molecule has 0 radical (unpaired) electrons. The van der Waals surface area contributed by atoms with Gasteiger partial charge in [-0.1, -0.05) is 0 Å². The van der Waals surface area contributed by atoms with Gasteiger partial charge in [-0.05, 0) is 26.0 Å². The average molecular weight is 265 g/mol. The van der Waals surface area contributed by atoms with E-state index in [-0.39, 0.29) is 24.1 Å². The Morgan fingerprint density at radius 2 is 2.11 bits per heavy atom. The molecule has 0 fully saturated rings. The highest BCUT2D eigenvalue weighted by atomic mass is 16.2. The van der Waals surface area contributed by atoms with E-state index in [2.05, 4.69) is 21.0 Å². The molecule has 0 saturated heterocycles. The molecule has 0 unspecified atom stereocenters. The molecule has 0 spiro atoms. The van der Waals surface area contributed by atoms with E-state index < -0.39 is 5.41 Å². The summed E-state index contributed by atoms with van der Waals surface area (Å²) in [6.45, 7) is 3.71. The van der Waals surface area contributed by atoms with Crippen molar-refractivity contribution in [3.8, 4) is 0 Å². The Kier molecular flexibility index (Phi) is 4.82. The quantitative estimate of drug-likeness (QED) is 0.438. The number of nitrogens with zero attached hydrogens (tertiary/aromatic N) is 1. The molecule has 0 aromatic carbocycles. The molecule has 5 N–H and O–H groups in total. The van der Waals surface area contributed by atoms with Gasteiger partial charge in [-0.15, -0.1) is 0 Å². The van der Waals surface area contributed by atoms with E-state index in [1.54, 1.807) is 27.0 Å². The standard InChI is InChI=1S/C12H19N5O2/c1-12(2,11(19)14-3)7-16-10(18)9-6-8(17-13)4-5-15-9/h4-6H,7,13H2,1-3H3,(H,14,19)(H,15,17)(H,16,18). The molecular weight excluding hydrogens is 246 g/mol. The minimum absolute atomic E-state index is 0.141. The molecule has 7 nitrogen and oxygen atoms in total. The smallest absolute Gasteiger partial charge is 0.269 e. The molecule has 1 rings (SSSR count). The van der Waals surface area contributed by atoms with Crippen molar-refractivity contribution in [2.45, 2.75) is 13.8 Å². The van der Waals surface area contributed by atoms with Gasteiger partial charge in [-0.25, -0.2) is 0 Å². The number of anilines is 1. The minimum Gasteiger partial charge on any atom is -0.359 e. The molecule has 0 aliphatic rings. The summed E-state index contributed by atoms with van der Waals surface area (Å²) in [6.07, 6.45) is 1.48. The largest absolute Gasteiger partial charge is 0.359 e. The fourth-order valence-corrected chi connectivity index (χ4v) is 1.45. The first-order valence-electron chi connectivity index (χ1n) is 5.84. The second-order valence-corrected chi connectivity index (χ2v) is 4.72. The summed E-state index contributed by atoms with van der Waals surface area (Å²) < 4.78 is 0. The molecule has 1 aromatic rings. The number of aromatic nitrogens is 1. The van der Waals surface area contributed by atoms with E-state index in [0.29, 0.717) is 5.69 Å². The van der Waals surface area contributed by atoms with Crippen LogP contribution in [-0.2, 0) is 4.79 Å². The maximum absolute atomic E-state index is 11.9. The first-order valence-corrected chi connectivity index (χ1v) is 5.84. The monoisotopic (exact) mass is 265 g/mol. The van der Waals surface area contributed by atoms with Crippen molar-refractivity contribution in [1.82, 2.24) is 15.6 Å². The highest BCUT2D eigenvalue weighted by molar-refractivity contribution is 5.93. The summed E-state index contributed by atoms with van der Waals surface area (Å²) in [4.78, 5) is 27.4. The Hall–Kier alpha value is -2.15. The number of hydrogen-bond donors (Lipinski definition) is 4. The van der Waals surface area contributed by atoms with Gasteiger partial charge in [0.05, 0.1) is 11.1 Å². The zero-order valence-corrected chi connectivity index (χ0v) is 11.3. The summed E-state index contributed by atoms with van der Waals surface area (Å²) in [5.74, 6) is 4.76.